The zero-order chi connectivity index (χ0) is 22.3. The van der Waals surface area contributed by atoms with Gasteiger partial charge in [0.2, 0.25) is 0 Å². The van der Waals surface area contributed by atoms with Gasteiger partial charge < -0.3 is 10.6 Å². The Kier molecular flexibility index (Phi) is 7.05. The van der Waals surface area contributed by atoms with Gasteiger partial charge in [0, 0.05) is 40.9 Å². The fraction of sp³-hybridized carbons (Fsp3) is 0.167. The molecule has 32 heavy (non-hydrogen) atoms. The lowest BCUT2D eigenvalue weighted by Crippen LogP contribution is -2.12. The lowest BCUT2D eigenvalue weighted by atomic mass is 10.1. The Morgan fingerprint density at radius 2 is 1.84 bits per heavy atom. The number of aromatic nitrogens is 3. The predicted octanol–water partition coefficient (Wildman–Crippen LogP) is 5.85. The molecule has 0 aliphatic heterocycles. The molecule has 0 aliphatic rings. The van der Waals surface area contributed by atoms with Crippen molar-refractivity contribution in [2.45, 2.75) is 11.6 Å². The van der Waals surface area contributed by atoms with E-state index in [1.54, 1.807) is 6.20 Å². The summed E-state index contributed by atoms with van der Waals surface area (Å²) in [6, 6.07) is 19.6. The largest absolute Gasteiger partial charge is 0.384 e. The van der Waals surface area contributed by atoms with Gasteiger partial charge in [0.1, 0.15) is 17.5 Å². The number of rotatable bonds is 8. The second-order valence-electron chi connectivity index (χ2n) is 6.99. The van der Waals surface area contributed by atoms with Crippen molar-refractivity contribution in [2.75, 3.05) is 30.0 Å². The lowest BCUT2D eigenvalue weighted by molar-refractivity contribution is 0.888. The van der Waals surface area contributed by atoms with Crippen LogP contribution in [0.1, 0.15) is 12.0 Å². The van der Waals surface area contributed by atoms with Crippen LogP contribution in [0.15, 0.2) is 66.0 Å². The van der Waals surface area contributed by atoms with E-state index in [1.807, 2.05) is 60.9 Å². The summed E-state index contributed by atoms with van der Waals surface area (Å²) in [5, 5.41) is 18.9. The van der Waals surface area contributed by atoms with Crippen molar-refractivity contribution in [1.82, 2.24) is 15.0 Å². The summed E-state index contributed by atoms with van der Waals surface area (Å²) in [6.45, 7) is 1.41. The number of benzene rings is 2. The van der Waals surface area contributed by atoms with Crippen molar-refractivity contribution in [2.24, 2.45) is 0 Å². The summed E-state index contributed by atoms with van der Waals surface area (Å²) in [6.07, 6.45) is 4.53. The van der Waals surface area contributed by atoms with Crippen molar-refractivity contribution >= 4 is 45.8 Å². The van der Waals surface area contributed by atoms with Gasteiger partial charge in [-0.2, -0.15) is 5.26 Å². The molecule has 6 nitrogen and oxygen atoms in total. The Morgan fingerprint density at radius 1 is 1.03 bits per heavy atom. The number of fused-ring (bicyclic) bond motifs is 1. The summed E-state index contributed by atoms with van der Waals surface area (Å²) in [5.74, 6) is 0.565. The number of hydrogen-bond donors (Lipinski definition) is 2. The van der Waals surface area contributed by atoms with Crippen molar-refractivity contribution < 1.29 is 0 Å². The predicted molar refractivity (Wildman–Crippen MR) is 132 cm³/mol. The van der Waals surface area contributed by atoms with E-state index in [0.29, 0.717) is 33.8 Å². The molecule has 0 saturated heterocycles. The first-order valence-electron chi connectivity index (χ1n) is 10.1. The molecule has 2 aromatic carbocycles. The Balaban J connectivity index is 1.44. The van der Waals surface area contributed by atoms with Gasteiger partial charge in [-0.3, -0.25) is 4.98 Å². The lowest BCUT2D eigenvalue weighted by Gasteiger charge is -2.13. The van der Waals surface area contributed by atoms with Gasteiger partial charge in [-0.1, -0.05) is 53.7 Å². The number of anilines is 2. The zero-order valence-electron chi connectivity index (χ0n) is 17.5. The number of nitrogens with one attached hydrogen (secondary N) is 2. The molecule has 0 atom stereocenters. The first-order chi connectivity index (χ1) is 15.7. The molecule has 0 saturated carbocycles. The van der Waals surface area contributed by atoms with Gasteiger partial charge in [0.15, 0.2) is 5.16 Å². The highest BCUT2D eigenvalue weighted by Crippen LogP contribution is 2.28. The average molecular weight is 461 g/mol. The number of nitriles is 1. The van der Waals surface area contributed by atoms with E-state index in [0.717, 1.165) is 35.1 Å². The van der Waals surface area contributed by atoms with Gasteiger partial charge in [0.05, 0.1) is 11.2 Å². The van der Waals surface area contributed by atoms with E-state index in [1.165, 1.54) is 11.8 Å². The second-order valence-corrected chi connectivity index (χ2v) is 8.20. The van der Waals surface area contributed by atoms with Crippen LogP contribution < -0.4 is 10.6 Å². The maximum atomic E-state index is 9.79. The van der Waals surface area contributed by atoms with Crippen LogP contribution in [0.3, 0.4) is 0 Å². The van der Waals surface area contributed by atoms with Gasteiger partial charge in [-0.05, 0) is 36.9 Å². The fourth-order valence-corrected chi connectivity index (χ4v) is 3.90. The van der Waals surface area contributed by atoms with Crippen LogP contribution in [0.2, 0.25) is 5.02 Å². The third-order valence-electron chi connectivity index (χ3n) is 4.90. The molecule has 2 N–H and O–H groups in total. The highest BCUT2D eigenvalue weighted by molar-refractivity contribution is 7.98. The first-order valence-corrected chi connectivity index (χ1v) is 11.7. The molecule has 2 heterocycles. The molecule has 0 fully saturated rings. The van der Waals surface area contributed by atoms with E-state index in [4.69, 9.17) is 11.6 Å². The molecule has 8 heteroatoms. The fourth-order valence-electron chi connectivity index (χ4n) is 3.36. The summed E-state index contributed by atoms with van der Waals surface area (Å²) >= 11 is 7.52. The third kappa shape index (κ3) is 4.93. The number of hydrogen-bond acceptors (Lipinski definition) is 7. The minimum Gasteiger partial charge on any atom is -0.384 e. The summed E-state index contributed by atoms with van der Waals surface area (Å²) in [4.78, 5) is 13.5. The number of thioether (sulfide) groups is 1. The third-order valence-corrected chi connectivity index (χ3v) is 5.68. The molecule has 0 unspecified atom stereocenters. The van der Waals surface area contributed by atoms with Crippen LogP contribution in [0.5, 0.6) is 0 Å². The minimum absolute atomic E-state index is 0.457. The Hall–Kier alpha value is -3.34. The Bertz CT molecular complexity index is 1270. The quantitative estimate of drug-likeness (QED) is 0.193. The van der Waals surface area contributed by atoms with Crippen molar-refractivity contribution in [1.29, 1.82) is 5.26 Å². The monoisotopic (exact) mass is 460 g/mol. The van der Waals surface area contributed by atoms with Crippen LogP contribution in [-0.4, -0.2) is 34.3 Å². The molecule has 0 amide bonds. The number of halogens is 1. The smallest absolute Gasteiger partial charge is 0.189 e. The van der Waals surface area contributed by atoms with Gasteiger partial charge in [0.25, 0.3) is 0 Å². The normalized spacial score (nSPS) is 10.7. The highest BCUT2D eigenvalue weighted by Gasteiger charge is 2.15. The van der Waals surface area contributed by atoms with Crippen LogP contribution in [0, 0.1) is 11.3 Å². The summed E-state index contributed by atoms with van der Waals surface area (Å²) in [7, 11) is 0. The minimum atomic E-state index is 0.457. The van der Waals surface area contributed by atoms with Crippen LogP contribution in [0.4, 0.5) is 11.5 Å². The Labute approximate surface area is 196 Å². The highest BCUT2D eigenvalue weighted by atomic mass is 35.5. The molecule has 0 spiro atoms. The van der Waals surface area contributed by atoms with Gasteiger partial charge >= 0.3 is 0 Å². The van der Waals surface area contributed by atoms with Crippen molar-refractivity contribution in [3.8, 4) is 17.3 Å². The summed E-state index contributed by atoms with van der Waals surface area (Å²) < 4.78 is 0. The zero-order valence-corrected chi connectivity index (χ0v) is 19.0. The molecular formula is C24H21ClN6S. The van der Waals surface area contributed by atoms with Crippen molar-refractivity contribution in [3.63, 3.8) is 0 Å². The molecule has 0 radical (unpaired) electrons. The molecule has 0 bridgehead atoms. The molecular weight excluding hydrogens is 440 g/mol. The first kappa shape index (κ1) is 21.9. The number of nitrogens with zero attached hydrogens (tertiary/aromatic N) is 4. The standard InChI is InChI=1S/C24H21ClN6S/c1-32-24-30-22(16-6-3-2-4-7-16)19(15-26)23(31-24)29-12-5-11-27-20-10-13-28-21-14-17(25)8-9-18(20)21/h2-4,6-10,13-14H,5,11-12H2,1H3,(H,27,28)(H,29,30,31). The molecule has 0 aliphatic carbocycles. The van der Waals surface area contributed by atoms with E-state index in [-0.39, 0.29) is 0 Å². The maximum Gasteiger partial charge on any atom is 0.189 e. The molecule has 4 aromatic rings. The molecule has 2 aromatic heterocycles. The Morgan fingerprint density at radius 3 is 2.62 bits per heavy atom. The SMILES string of the molecule is CSc1nc(NCCCNc2ccnc3cc(Cl)ccc23)c(C#N)c(-c2ccccc2)n1. The summed E-state index contributed by atoms with van der Waals surface area (Å²) in [5.41, 5.74) is 3.88. The van der Waals surface area contributed by atoms with Gasteiger partial charge in [-0.15, -0.1) is 0 Å². The van der Waals surface area contributed by atoms with E-state index < -0.39 is 0 Å². The molecule has 4 rings (SSSR count). The van der Waals surface area contributed by atoms with Crippen LogP contribution >= 0.6 is 23.4 Å². The van der Waals surface area contributed by atoms with Gasteiger partial charge in [-0.25, -0.2) is 9.97 Å². The van der Waals surface area contributed by atoms with Crippen LogP contribution in [-0.2, 0) is 0 Å². The maximum absolute atomic E-state index is 9.79. The van der Waals surface area contributed by atoms with E-state index >= 15 is 0 Å². The second kappa shape index (κ2) is 10.3. The molecule has 160 valence electrons. The van der Waals surface area contributed by atoms with Crippen LogP contribution in [0.25, 0.3) is 22.2 Å². The van der Waals surface area contributed by atoms with E-state index in [2.05, 4.69) is 31.7 Å². The number of pyridine rings is 1. The van der Waals surface area contributed by atoms with Crippen molar-refractivity contribution in [3.05, 3.63) is 71.4 Å². The topological polar surface area (TPSA) is 86.5 Å². The average Bonchev–Trinajstić information content (AvgIpc) is 2.83. The van der Waals surface area contributed by atoms with E-state index in [9.17, 15) is 5.26 Å².